The van der Waals surface area contributed by atoms with E-state index < -0.39 is 0 Å². The first-order valence-electron chi connectivity index (χ1n) is 7.79. The molecule has 0 bridgehead atoms. The van der Waals surface area contributed by atoms with Gasteiger partial charge in [0.05, 0.1) is 32.3 Å². The van der Waals surface area contributed by atoms with Crippen LogP contribution in [0.15, 0.2) is 24.3 Å². The van der Waals surface area contributed by atoms with Gasteiger partial charge >= 0.3 is 0 Å². The van der Waals surface area contributed by atoms with Crippen LogP contribution < -0.4 is 5.32 Å². The lowest BCUT2D eigenvalue weighted by molar-refractivity contribution is -0.143. The van der Waals surface area contributed by atoms with Crippen molar-refractivity contribution in [3.05, 3.63) is 35.4 Å². The summed E-state index contributed by atoms with van der Waals surface area (Å²) < 4.78 is 10.9. The fourth-order valence-electron chi connectivity index (χ4n) is 2.71. The fraction of sp³-hybridized carbons (Fsp3) is 0.588. The fourth-order valence-corrected chi connectivity index (χ4v) is 2.71. The molecule has 0 aromatic heterocycles. The number of rotatable bonds is 6. The van der Waals surface area contributed by atoms with Gasteiger partial charge in [-0.15, -0.1) is 0 Å². The Morgan fingerprint density at radius 1 is 1.45 bits per heavy atom. The van der Waals surface area contributed by atoms with Crippen LogP contribution in [0.2, 0.25) is 0 Å². The van der Waals surface area contributed by atoms with Gasteiger partial charge in [-0.05, 0) is 25.0 Å². The Labute approximate surface area is 132 Å². The maximum Gasteiger partial charge on any atom is 0.236 e. The topological polar surface area (TPSA) is 50.8 Å². The molecule has 1 saturated heterocycles. The third-order valence-electron chi connectivity index (χ3n) is 4.05. The number of morpholine rings is 1. The molecule has 1 heterocycles. The summed E-state index contributed by atoms with van der Waals surface area (Å²) in [5, 5.41) is 3.11. The van der Waals surface area contributed by atoms with Gasteiger partial charge in [-0.25, -0.2) is 0 Å². The van der Waals surface area contributed by atoms with E-state index >= 15 is 0 Å². The second kappa shape index (κ2) is 8.27. The highest BCUT2D eigenvalue weighted by Gasteiger charge is 2.30. The molecular formula is C17H26N2O3. The van der Waals surface area contributed by atoms with E-state index in [4.69, 9.17) is 9.47 Å². The van der Waals surface area contributed by atoms with Crippen molar-refractivity contribution < 1.29 is 14.3 Å². The molecular weight excluding hydrogens is 280 g/mol. The van der Waals surface area contributed by atoms with Crippen molar-refractivity contribution in [1.29, 1.82) is 0 Å². The third-order valence-corrected chi connectivity index (χ3v) is 4.05. The first-order chi connectivity index (χ1) is 10.6. The zero-order valence-electron chi connectivity index (χ0n) is 13.7. The summed E-state index contributed by atoms with van der Waals surface area (Å²) in [6.07, 6.45) is -0.0414. The molecule has 5 heteroatoms. The minimum Gasteiger partial charge on any atom is -0.383 e. The van der Waals surface area contributed by atoms with Crippen molar-refractivity contribution in [2.24, 2.45) is 0 Å². The highest BCUT2D eigenvalue weighted by Crippen LogP contribution is 2.27. The quantitative estimate of drug-likeness (QED) is 0.810. The second-order valence-electron chi connectivity index (χ2n) is 5.74. The van der Waals surface area contributed by atoms with Crippen molar-refractivity contribution in [2.45, 2.75) is 26.0 Å². The predicted octanol–water partition coefficient (Wildman–Crippen LogP) is 1.52. The molecule has 0 unspecified atom stereocenters. The van der Waals surface area contributed by atoms with Crippen LogP contribution in [0.25, 0.3) is 0 Å². The SMILES string of the molecule is COCCNCC(=O)N1C[C@@H](c2ccccc2C)OC[C@@H]1C. The van der Waals surface area contributed by atoms with E-state index in [1.165, 1.54) is 11.1 Å². The molecule has 1 N–H and O–H groups in total. The van der Waals surface area contributed by atoms with E-state index in [1.54, 1.807) is 7.11 Å². The summed E-state index contributed by atoms with van der Waals surface area (Å²) in [7, 11) is 1.65. The van der Waals surface area contributed by atoms with Gasteiger partial charge in [0.2, 0.25) is 5.91 Å². The van der Waals surface area contributed by atoms with E-state index in [9.17, 15) is 4.79 Å². The Hall–Kier alpha value is -1.43. The molecule has 122 valence electrons. The Morgan fingerprint density at radius 2 is 2.23 bits per heavy atom. The molecule has 2 rings (SSSR count). The lowest BCUT2D eigenvalue weighted by Crippen LogP contribution is -2.51. The molecule has 1 fully saturated rings. The average Bonchev–Trinajstić information content (AvgIpc) is 2.52. The molecule has 0 saturated carbocycles. The van der Waals surface area contributed by atoms with Crippen molar-refractivity contribution in [1.82, 2.24) is 10.2 Å². The normalized spacial score (nSPS) is 21.9. The van der Waals surface area contributed by atoms with Gasteiger partial charge in [-0.3, -0.25) is 4.79 Å². The average molecular weight is 306 g/mol. The van der Waals surface area contributed by atoms with Crippen LogP contribution >= 0.6 is 0 Å². The van der Waals surface area contributed by atoms with Gasteiger partial charge in [0, 0.05) is 13.7 Å². The van der Waals surface area contributed by atoms with Gasteiger partial charge in [0.15, 0.2) is 0 Å². The van der Waals surface area contributed by atoms with Crippen molar-refractivity contribution in [3.63, 3.8) is 0 Å². The van der Waals surface area contributed by atoms with E-state index in [2.05, 4.69) is 24.4 Å². The van der Waals surface area contributed by atoms with Gasteiger partial charge in [-0.1, -0.05) is 24.3 Å². The van der Waals surface area contributed by atoms with Gasteiger partial charge in [0.25, 0.3) is 0 Å². The molecule has 0 aliphatic carbocycles. The molecule has 2 atom stereocenters. The summed E-state index contributed by atoms with van der Waals surface area (Å²) in [6.45, 7) is 6.92. The third kappa shape index (κ3) is 4.29. The molecule has 1 aromatic carbocycles. The number of aryl methyl sites for hydroxylation is 1. The summed E-state index contributed by atoms with van der Waals surface area (Å²) in [4.78, 5) is 14.3. The number of nitrogens with one attached hydrogen (secondary N) is 1. The lowest BCUT2D eigenvalue weighted by Gasteiger charge is -2.38. The van der Waals surface area contributed by atoms with Crippen LogP contribution in [-0.2, 0) is 14.3 Å². The lowest BCUT2D eigenvalue weighted by atomic mass is 10.0. The van der Waals surface area contributed by atoms with Gasteiger partial charge in [0.1, 0.15) is 6.10 Å². The molecule has 1 aromatic rings. The van der Waals surface area contributed by atoms with E-state index in [0.717, 1.165) is 0 Å². The number of methoxy groups -OCH3 is 1. The smallest absolute Gasteiger partial charge is 0.236 e. The number of amides is 1. The van der Waals surface area contributed by atoms with Crippen LogP contribution in [0.4, 0.5) is 0 Å². The van der Waals surface area contributed by atoms with Crippen molar-refractivity contribution in [2.75, 3.05) is 40.0 Å². The zero-order valence-corrected chi connectivity index (χ0v) is 13.7. The first kappa shape index (κ1) is 16.9. The Kier molecular flexibility index (Phi) is 6.36. The first-order valence-corrected chi connectivity index (χ1v) is 7.79. The molecule has 5 nitrogen and oxygen atoms in total. The number of carbonyl (C=O) groups excluding carboxylic acids is 1. The molecule has 0 spiro atoms. The van der Waals surface area contributed by atoms with Gasteiger partial charge in [-0.2, -0.15) is 0 Å². The van der Waals surface area contributed by atoms with E-state index in [0.29, 0.717) is 32.8 Å². The molecule has 1 aliphatic heterocycles. The second-order valence-corrected chi connectivity index (χ2v) is 5.74. The highest BCUT2D eigenvalue weighted by atomic mass is 16.5. The summed E-state index contributed by atoms with van der Waals surface area (Å²) in [5.41, 5.74) is 2.37. The molecule has 0 radical (unpaired) electrons. The molecule has 22 heavy (non-hydrogen) atoms. The number of hydrogen-bond acceptors (Lipinski definition) is 4. The van der Waals surface area contributed by atoms with Crippen molar-refractivity contribution in [3.8, 4) is 0 Å². The van der Waals surface area contributed by atoms with Crippen LogP contribution in [-0.4, -0.2) is 56.8 Å². The predicted molar refractivity (Wildman–Crippen MR) is 85.8 cm³/mol. The summed E-state index contributed by atoms with van der Waals surface area (Å²) in [5.74, 6) is 0.116. The number of hydrogen-bond donors (Lipinski definition) is 1. The van der Waals surface area contributed by atoms with Crippen LogP contribution in [0.3, 0.4) is 0 Å². The van der Waals surface area contributed by atoms with Crippen LogP contribution in [0.5, 0.6) is 0 Å². The highest BCUT2D eigenvalue weighted by molar-refractivity contribution is 5.78. The summed E-state index contributed by atoms with van der Waals surface area (Å²) in [6, 6.07) is 8.30. The maximum atomic E-state index is 12.4. The Bertz CT molecular complexity index is 493. The minimum atomic E-state index is -0.0414. The number of nitrogens with zero attached hydrogens (tertiary/aromatic N) is 1. The van der Waals surface area contributed by atoms with Gasteiger partial charge < -0.3 is 19.7 Å². The van der Waals surface area contributed by atoms with Crippen molar-refractivity contribution >= 4 is 5.91 Å². The van der Waals surface area contributed by atoms with E-state index in [-0.39, 0.29) is 18.1 Å². The minimum absolute atomic E-state index is 0.0414. The number of carbonyl (C=O) groups is 1. The maximum absolute atomic E-state index is 12.4. The Morgan fingerprint density at radius 3 is 2.95 bits per heavy atom. The number of benzene rings is 1. The standard InChI is InChI=1S/C17H26N2O3/c1-13-6-4-5-7-15(13)16-11-19(14(2)12-22-16)17(20)10-18-8-9-21-3/h4-7,14,16,18H,8-12H2,1-3H3/t14-,16-/m0/s1. The van der Waals surface area contributed by atoms with Crippen LogP contribution in [0.1, 0.15) is 24.2 Å². The molecule has 1 aliphatic rings. The largest absolute Gasteiger partial charge is 0.383 e. The monoisotopic (exact) mass is 306 g/mol. The molecule has 1 amide bonds. The number of ether oxygens (including phenoxy) is 2. The zero-order chi connectivity index (χ0) is 15.9. The Balaban J connectivity index is 1.96. The van der Waals surface area contributed by atoms with Crippen LogP contribution in [0, 0.1) is 6.92 Å². The van der Waals surface area contributed by atoms with E-state index in [1.807, 2.05) is 24.0 Å². The summed E-state index contributed by atoms with van der Waals surface area (Å²) >= 11 is 0.